The minimum Gasteiger partial charge on any atom is -0.503 e. The average molecular weight is 113 g/mol. The van der Waals surface area contributed by atoms with Crippen LogP contribution in [0.15, 0.2) is 0 Å². The maximum atomic E-state index is 8.83. The highest BCUT2D eigenvalue weighted by molar-refractivity contribution is 5.46. The van der Waals surface area contributed by atoms with Gasteiger partial charge in [-0.3, -0.25) is 5.10 Å². The topological polar surface area (TPSA) is 74.9 Å². The first-order chi connectivity index (χ1) is 3.72. The molecule has 4 heteroatoms. The normalized spacial score (nSPS) is 9.62. The maximum absolute atomic E-state index is 8.83. The van der Waals surface area contributed by atoms with Gasteiger partial charge in [-0.05, 0) is 6.92 Å². The van der Waals surface area contributed by atoms with Crippen LogP contribution >= 0.6 is 0 Å². The fourth-order valence-electron chi connectivity index (χ4n) is 0.442. The number of anilines is 1. The zero-order valence-corrected chi connectivity index (χ0v) is 4.47. The summed E-state index contributed by atoms with van der Waals surface area (Å²) < 4.78 is 0. The molecule has 8 heavy (non-hydrogen) atoms. The molecular weight excluding hydrogens is 106 g/mol. The van der Waals surface area contributed by atoms with Crippen LogP contribution < -0.4 is 5.73 Å². The van der Waals surface area contributed by atoms with Crippen molar-refractivity contribution in [3.8, 4) is 5.75 Å². The van der Waals surface area contributed by atoms with E-state index in [2.05, 4.69) is 10.2 Å². The Bertz CT molecular complexity index is 174. The summed E-state index contributed by atoms with van der Waals surface area (Å²) in [7, 11) is 0. The van der Waals surface area contributed by atoms with Crippen molar-refractivity contribution >= 4 is 5.82 Å². The van der Waals surface area contributed by atoms with Crippen molar-refractivity contribution in [3.63, 3.8) is 0 Å². The molecule has 4 nitrogen and oxygen atoms in total. The molecule has 4 N–H and O–H groups in total. The summed E-state index contributed by atoms with van der Waals surface area (Å²) in [4.78, 5) is 0. The van der Waals surface area contributed by atoms with E-state index in [4.69, 9.17) is 10.8 Å². The van der Waals surface area contributed by atoms with Gasteiger partial charge >= 0.3 is 0 Å². The van der Waals surface area contributed by atoms with Crippen molar-refractivity contribution in [3.05, 3.63) is 5.69 Å². The van der Waals surface area contributed by atoms with Crippen molar-refractivity contribution in [2.45, 2.75) is 6.92 Å². The van der Waals surface area contributed by atoms with Gasteiger partial charge in [0.1, 0.15) is 0 Å². The molecule has 0 amide bonds. The van der Waals surface area contributed by atoms with E-state index < -0.39 is 0 Å². The van der Waals surface area contributed by atoms with Gasteiger partial charge in [-0.2, -0.15) is 5.10 Å². The third-order valence-electron chi connectivity index (χ3n) is 0.942. The lowest BCUT2D eigenvalue weighted by molar-refractivity contribution is 0.474. The highest BCUT2D eigenvalue weighted by atomic mass is 16.3. The van der Waals surface area contributed by atoms with Crippen LogP contribution in [0.25, 0.3) is 0 Å². The molecule has 0 spiro atoms. The summed E-state index contributed by atoms with van der Waals surface area (Å²) in [5, 5.41) is 14.9. The Kier molecular flexibility index (Phi) is 0.865. The van der Waals surface area contributed by atoms with E-state index in [1.807, 2.05) is 0 Å². The van der Waals surface area contributed by atoms with Gasteiger partial charge in [0.15, 0.2) is 11.6 Å². The fourth-order valence-corrected chi connectivity index (χ4v) is 0.442. The van der Waals surface area contributed by atoms with Crippen LogP contribution in [0.2, 0.25) is 0 Å². The van der Waals surface area contributed by atoms with E-state index in [1.165, 1.54) is 0 Å². The highest BCUT2D eigenvalue weighted by Gasteiger charge is 2.01. The number of H-pyrrole nitrogens is 1. The molecular formula is C4H7N3O. The molecule has 0 saturated carbocycles. The van der Waals surface area contributed by atoms with Gasteiger partial charge in [-0.25, -0.2) is 0 Å². The van der Waals surface area contributed by atoms with Crippen LogP contribution in [0.5, 0.6) is 5.75 Å². The molecule has 0 atom stereocenters. The molecule has 44 valence electrons. The number of hydrogen-bond acceptors (Lipinski definition) is 3. The number of aromatic hydroxyl groups is 1. The quantitative estimate of drug-likeness (QED) is 0.443. The van der Waals surface area contributed by atoms with Crippen molar-refractivity contribution in [2.24, 2.45) is 0 Å². The molecule has 0 fully saturated rings. The van der Waals surface area contributed by atoms with E-state index in [-0.39, 0.29) is 11.6 Å². The van der Waals surface area contributed by atoms with Crippen molar-refractivity contribution in [1.29, 1.82) is 0 Å². The maximum Gasteiger partial charge on any atom is 0.187 e. The van der Waals surface area contributed by atoms with Gasteiger partial charge < -0.3 is 10.8 Å². The van der Waals surface area contributed by atoms with E-state index in [0.29, 0.717) is 5.69 Å². The number of rotatable bonds is 0. The molecule has 0 aliphatic heterocycles. The standard InChI is InChI=1S/C4H7N3O/c1-2-3(8)4(5)7-6-2/h8H,1H3,(H3,5,6,7). The van der Waals surface area contributed by atoms with Crippen LogP contribution in [-0.2, 0) is 0 Å². The van der Waals surface area contributed by atoms with Gasteiger partial charge in [-0.1, -0.05) is 0 Å². The molecule has 0 radical (unpaired) electrons. The lowest BCUT2D eigenvalue weighted by Crippen LogP contribution is -1.82. The van der Waals surface area contributed by atoms with Crippen molar-refractivity contribution in [2.75, 3.05) is 5.73 Å². The Hall–Kier alpha value is -1.19. The minimum atomic E-state index is 0.0463. The largest absolute Gasteiger partial charge is 0.503 e. The summed E-state index contributed by atoms with van der Waals surface area (Å²) in [5.41, 5.74) is 5.75. The zero-order chi connectivity index (χ0) is 6.15. The smallest absolute Gasteiger partial charge is 0.187 e. The number of nitrogens with zero attached hydrogens (tertiary/aromatic N) is 1. The van der Waals surface area contributed by atoms with Crippen LogP contribution in [-0.4, -0.2) is 15.3 Å². The fraction of sp³-hybridized carbons (Fsp3) is 0.250. The predicted molar refractivity (Wildman–Crippen MR) is 29.4 cm³/mol. The van der Waals surface area contributed by atoms with Crippen LogP contribution in [0.3, 0.4) is 0 Å². The summed E-state index contributed by atoms with van der Waals surface area (Å²) in [6, 6.07) is 0. The van der Waals surface area contributed by atoms with E-state index in [9.17, 15) is 0 Å². The molecule has 0 aliphatic rings. The summed E-state index contributed by atoms with van der Waals surface area (Å²) in [5.74, 6) is 0.201. The van der Waals surface area contributed by atoms with E-state index in [0.717, 1.165) is 0 Å². The van der Waals surface area contributed by atoms with Gasteiger partial charge in [0, 0.05) is 0 Å². The third kappa shape index (κ3) is 0.501. The molecule has 1 aromatic rings. The van der Waals surface area contributed by atoms with Crippen LogP contribution in [0.4, 0.5) is 5.82 Å². The molecule has 0 aliphatic carbocycles. The monoisotopic (exact) mass is 113 g/mol. The Balaban J connectivity index is 3.19. The molecule has 0 bridgehead atoms. The Labute approximate surface area is 46.3 Å². The zero-order valence-electron chi connectivity index (χ0n) is 4.47. The molecule has 0 aromatic carbocycles. The number of aromatic nitrogens is 2. The lowest BCUT2D eigenvalue weighted by Gasteiger charge is -1.83. The summed E-state index contributed by atoms with van der Waals surface area (Å²) in [6.07, 6.45) is 0. The van der Waals surface area contributed by atoms with Gasteiger partial charge in [-0.15, -0.1) is 0 Å². The molecule has 0 unspecified atom stereocenters. The first kappa shape index (κ1) is 4.96. The number of aryl methyl sites for hydroxylation is 1. The molecule has 1 rings (SSSR count). The Morgan fingerprint density at radius 1 is 1.75 bits per heavy atom. The molecule has 0 saturated heterocycles. The van der Waals surface area contributed by atoms with Gasteiger partial charge in [0.05, 0.1) is 5.69 Å². The van der Waals surface area contributed by atoms with Gasteiger partial charge in [0.2, 0.25) is 0 Å². The third-order valence-corrected chi connectivity index (χ3v) is 0.942. The van der Waals surface area contributed by atoms with Crippen LogP contribution in [0, 0.1) is 6.92 Å². The van der Waals surface area contributed by atoms with E-state index in [1.54, 1.807) is 6.92 Å². The Morgan fingerprint density at radius 3 is 2.50 bits per heavy atom. The highest BCUT2D eigenvalue weighted by Crippen LogP contribution is 2.18. The average Bonchev–Trinajstić information content (AvgIpc) is 1.98. The van der Waals surface area contributed by atoms with Gasteiger partial charge in [0.25, 0.3) is 0 Å². The SMILES string of the molecule is Cc1[nH]nc(N)c1O. The second kappa shape index (κ2) is 1.40. The predicted octanol–water partition coefficient (Wildman–Crippen LogP) is 0.00592. The summed E-state index contributed by atoms with van der Waals surface area (Å²) >= 11 is 0. The second-order valence-corrected chi connectivity index (χ2v) is 1.58. The van der Waals surface area contributed by atoms with Crippen molar-refractivity contribution < 1.29 is 5.11 Å². The number of nitrogens with one attached hydrogen (secondary N) is 1. The second-order valence-electron chi connectivity index (χ2n) is 1.58. The lowest BCUT2D eigenvalue weighted by atomic mass is 10.4. The Morgan fingerprint density at radius 2 is 2.38 bits per heavy atom. The van der Waals surface area contributed by atoms with Crippen LogP contribution in [0.1, 0.15) is 5.69 Å². The number of nitrogens with two attached hydrogens (primary N) is 1. The van der Waals surface area contributed by atoms with Crippen molar-refractivity contribution in [1.82, 2.24) is 10.2 Å². The molecule has 1 aromatic heterocycles. The number of hydrogen-bond donors (Lipinski definition) is 3. The number of aromatic amines is 1. The minimum absolute atomic E-state index is 0.0463. The number of nitrogen functional groups attached to an aromatic ring is 1. The summed E-state index contributed by atoms with van der Waals surface area (Å²) in [6.45, 7) is 1.69. The first-order valence-electron chi connectivity index (χ1n) is 2.21. The molecule has 1 heterocycles. The first-order valence-corrected chi connectivity index (χ1v) is 2.21. The van der Waals surface area contributed by atoms with E-state index >= 15 is 0 Å².